The van der Waals surface area contributed by atoms with Crippen molar-refractivity contribution in [3.05, 3.63) is 94.7 Å². The van der Waals surface area contributed by atoms with E-state index in [1.54, 1.807) is 0 Å². The van der Waals surface area contributed by atoms with Crippen LogP contribution in [0.3, 0.4) is 0 Å². The number of hydrogen-bond donors (Lipinski definition) is 0. The summed E-state index contributed by atoms with van der Waals surface area (Å²) in [6.07, 6.45) is 9.61. The Bertz CT molecular complexity index is 908. The summed E-state index contributed by atoms with van der Waals surface area (Å²) in [6.45, 7) is 12.3. The van der Waals surface area contributed by atoms with E-state index in [1.165, 1.54) is 34.9 Å². The molecule has 0 spiro atoms. The smallest absolute Gasteiger partial charge is 0.129 e. The van der Waals surface area contributed by atoms with Crippen molar-refractivity contribution in [1.29, 1.82) is 0 Å². The van der Waals surface area contributed by atoms with E-state index >= 15 is 0 Å². The van der Waals surface area contributed by atoms with E-state index in [-0.39, 0.29) is 11.6 Å². The normalized spacial score (nSPS) is 14.6. The lowest BCUT2D eigenvalue weighted by molar-refractivity contribution is 0.144. The van der Waals surface area contributed by atoms with Crippen LogP contribution in [0.4, 0.5) is 8.78 Å². The van der Waals surface area contributed by atoms with Crippen LogP contribution >= 0.6 is 0 Å². The van der Waals surface area contributed by atoms with E-state index in [0.29, 0.717) is 18.8 Å². The summed E-state index contributed by atoms with van der Waals surface area (Å²) >= 11 is 0. The largest absolute Gasteiger partial charge is 0.372 e. The number of rotatable bonds is 10. The maximum atomic E-state index is 14.1. The average molecular weight is 439 g/mol. The molecule has 0 N–H and O–H groups in total. The number of hydrogen-bond acceptors (Lipinski definition) is 2. The van der Waals surface area contributed by atoms with E-state index in [1.807, 2.05) is 0 Å². The molecule has 1 unspecified atom stereocenters. The minimum atomic E-state index is -0.447. The van der Waals surface area contributed by atoms with Crippen molar-refractivity contribution in [2.75, 3.05) is 26.2 Å². The van der Waals surface area contributed by atoms with E-state index in [4.69, 9.17) is 0 Å². The maximum absolute atomic E-state index is 14.1. The van der Waals surface area contributed by atoms with Crippen LogP contribution in [-0.2, 0) is 6.42 Å². The second-order valence-electron chi connectivity index (χ2n) is 9.24. The minimum absolute atomic E-state index is 0.199. The van der Waals surface area contributed by atoms with Crippen molar-refractivity contribution in [3.63, 3.8) is 0 Å². The number of nitrogens with zero attached hydrogens (tertiary/aromatic N) is 2. The van der Waals surface area contributed by atoms with Crippen LogP contribution in [0.1, 0.15) is 48.6 Å². The van der Waals surface area contributed by atoms with Crippen molar-refractivity contribution in [2.24, 2.45) is 5.92 Å². The summed E-state index contributed by atoms with van der Waals surface area (Å²) in [7, 11) is 0. The molecule has 172 valence electrons. The molecular weight excluding hydrogens is 402 g/mol. The van der Waals surface area contributed by atoms with Gasteiger partial charge in [0.05, 0.1) is 6.04 Å². The first kappa shape index (κ1) is 24.2. The van der Waals surface area contributed by atoms with Gasteiger partial charge < -0.3 is 4.90 Å². The fourth-order valence-corrected chi connectivity index (χ4v) is 4.68. The first-order valence-electron chi connectivity index (χ1n) is 11.7. The van der Waals surface area contributed by atoms with Gasteiger partial charge in [-0.2, -0.15) is 0 Å². The average Bonchev–Trinajstić information content (AvgIpc) is 2.74. The summed E-state index contributed by atoms with van der Waals surface area (Å²) in [6, 6.07) is 10.8. The monoisotopic (exact) mass is 438 g/mol. The minimum Gasteiger partial charge on any atom is -0.372 e. The Balaban J connectivity index is 1.86. The Hall–Kier alpha value is -2.46. The zero-order chi connectivity index (χ0) is 23.1. The standard InChI is InChI=1S/C28H36F2N2/c1-21(2)19-32(18-10-13-24-25(29)14-9-15-26(24)30)27(20-31-16-6-5-7-17-31)28-22(3)11-8-12-23(28)4/h5-9,11-12,14-16,21,27H,10,13,17-20H2,1-4H3. The Morgan fingerprint density at radius 1 is 0.969 bits per heavy atom. The van der Waals surface area contributed by atoms with E-state index in [9.17, 15) is 8.78 Å². The molecule has 3 rings (SSSR count). The van der Waals surface area contributed by atoms with Crippen LogP contribution in [-0.4, -0.2) is 36.0 Å². The molecule has 0 saturated carbocycles. The van der Waals surface area contributed by atoms with Gasteiger partial charge in [0, 0.05) is 25.2 Å². The van der Waals surface area contributed by atoms with Crippen molar-refractivity contribution >= 4 is 0 Å². The van der Waals surface area contributed by atoms with Crippen molar-refractivity contribution in [3.8, 4) is 0 Å². The SMILES string of the molecule is Cc1cccc(C)c1C(CN1C=CC=CC1)N(CCCc1c(F)cccc1F)CC(C)C. The summed E-state index contributed by atoms with van der Waals surface area (Å²) in [5.74, 6) is -0.405. The van der Waals surface area contributed by atoms with Gasteiger partial charge in [0.1, 0.15) is 11.6 Å². The summed E-state index contributed by atoms with van der Waals surface area (Å²) < 4.78 is 28.3. The van der Waals surface area contributed by atoms with Gasteiger partial charge in [-0.05, 0) is 80.3 Å². The zero-order valence-corrected chi connectivity index (χ0v) is 19.8. The van der Waals surface area contributed by atoms with Crippen LogP contribution in [0.25, 0.3) is 0 Å². The third kappa shape index (κ3) is 6.29. The maximum Gasteiger partial charge on any atom is 0.129 e. The Morgan fingerprint density at radius 3 is 2.22 bits per heavy atom. The number of halogens is 2. The molecular formula is C28H36F2N2. The molecule has 32 heavy (non-hydrogen) atoms. The first-order chi connectivity index (χ1) is 15.4. The molecule has 0 fully saturated rings. The predicted molar refractivity (Wildman–Crippen MR) is 130 cm³/mol. The van der Waals surface area contributed by atoms with Crippen LogP contribution < -0.4 is 0 Å². The topological polar surface area (TPSA) is 6.48 Å². The summed E-state index contributed by atoms with van der Waals surface area (Å²) in [5, 5.41) is 0. The summed E-state index contributed by atoms with van der Waals surface area (Å²) in [5.41, 5.74) is 4.15. The lowest BCUT2D eigenvalue weighted by Gasteiger charge is -2.38. The molecule has 0 aromatic heterocycles. The molecule has 0 bridgehead atoms. The number of allylic oxidation sites excluding steroid dienone is 2. The highest BCUT2D eigenvalue weighted by Crippen LogP contribution is 2.30. The highest BCUT2D eigenvalue weighted by Gasteiger charge is 2.26. The van der Waals surface area contributed by atoms with E-state index in [0.717, 1.165) is 26.2 Å². The highest BCUT2D eigenvalue weighted by molar-refractivity contribution is 5.37. The van der Waals surface area contributed by atoms with E-state index < -0.39 is 11.6 Å². The molecule has 0 aliphatic carbocycles. The number of benzene rings is 2. The fourth-order valence-electron chi connectivity index (χ4n) is 4.68. The molecule has 1 aliphatic rings. The molecule has 4 heteroatoms. The molecule has 2 aromatic carbocycles. The predicted octanol–water partition coefficient (Wildman–Crippen LogP) is 6.60. The van der Waals surface area contributed by atoms with Gasteiger partial charge in [0.15, 0.2) is 0 Å². The van der Waals surface area contributed by atoms with Crippen molar-refractivity contribution < 1.29 is 8.78 Å². The lowest BCUT2D eigenvalue weighted by atomic mass is 9.93. The molecule has 1 aliphatic heterocycles. The Kier molecular flexibility index (Phi) is 8.63. The van der Waals surface area contributed by atoms with Crippen molar-refractivity contribution in [2.45, 2.75) is 46.6 Å². The van der Waals surface area contributed by atoms with Gasteiger partial charge in [-0.25, -0.2) is 8.78 Å². The second-order valence-corrected chi connectivity index (χ2v) is 9.24. The molecule has 0 saturated heterocycles. The van der Waals surface area contributed by atoms with E-state index in [2.05, 4.69) is 80.1 Å². The van der Waals surface area contributed by atoms with Gasteiger partial charge in [-0.15, -0.1) is 0 Å². The molecule has 2 aromatic rings. The second kappa shape index (κ2) is 11.4. The van der Waals surface area contributed by atoms with Crippen LogP contribution in [0, 0.1) is 31.4 Å². The van der Waals surface area contributed by atoms with Gasteiger partial charge >= 0.3 is 0 Å². The summed E-state index contributed by atoms with van der Waals surface area (Å²) in [4.78, 5) is 4.87. The Labute approximate surface area is 192 Å². The van der Waals surface area contributed by atoms with Gasteiger partial charge in [-0.1, -0.05) is 50.3 Å². The fraction of sp³-hybridized carbons (Fsp3) is 0.429. The third-order valence-corrected chi connectivity index (χ3v) is 6.14. The number of aryl methyl sites for hydroxylation is 2. The Morgan fingerprint density at radius 2 is 1.62 bits per heavy atom. The highest BCUT2D eigenvalue weighted by atomic mass is 19.1. The quantitative estimate of drug-likeness (QED) is 0.412. The third-order valence-electron chi connectivity index (χ3n) is 6.14. The molecule has 0 radical (unpaired) electrons. The van der Waals surface area contributed by atoms with Crippen LogP contribution in [0.15, 0.2) is 60.8 Å². The molecule has 1 atom stereocenters. The van der Waals surface area contributed by atoms with Crippen LogP contribution in [0.5, 0.6) is 0 Å². The van der Waals surface area contributed by atoms with Crippen molar-refractivity contribution in [1.82, 2.24) is 9.80 Å². The lowest BCUT2D eigenvalue weighted by Crippen LogP contribution is -2.40. The first-order valence-corrected chi connectivity index (χ1v) is 11.7. The zero-order valence-electron chi connectivity index (χ0n) is 19.8. The van der Waals surface area contributed by atoms with Crippen LogP contribution in [0.2, 0.25) is 0 Å². The van der Waals surface area contributed by atoms with Gasteiger partial charge in [0.25, 0.3) is 0 Å². The van der Waals surface area contributed by atoms with Gasteiger partial charge in [-0.3, -0.25) is 4.90 Å². The molecule has 2 nitrogen and oxygen atoms in total. The molecule has 0 amide bonds. The van der Waals surface area contributed by atoms with Gasteiger partial charge in [0.2, 0.25) is 0 Å². The molecule has 1 heterocycles.